The summed E-state index contributed by atoms with van der Waals surface area (Å²) in [6.45, 7) is 0. The van der Waals surface area contributed by atoms with Gasteiger partial charge in [-0.15, -0.1) is 0 Å². The van der Waals surface area contributed by atoms with Crippen LogP contribution >= 0.6 is 31.9 Å². The third-order valence-corrected chi connectivity index (χ3v) is 3.79. The zero-order chi connectivity index (χ0) is 12.3. The van der Waals surface area contributed by atoms with Crippen LogP contribution in [0.1, 0.15) is 17.2 Å². The largest absolute Gasteiger partial charge is 0.309 e. The first kappa shape index (κ1) is 12.7. The van der Waals surface area contributed by atoms with Crippen molar-refractivity contribution in [1.29, 1.82) is 0 Å². The quantitative estimate of drug-likeness (QED) is 0.902. The van der Waals surface area contributed by atoms with Crippen LogP contribution < -0.4 is 5.32 Å². The molecule has 88 valence electrons. The average molecular weight is 356 g/mol. The Morgan fingerprint density at radius 3 is 2.71 bits per heavy atom. The lowest BCUT2D eigenvalue weighted by Crippen LogP contribution is -2.18. The van der Waals surface area contributed by atoms with E-state index in [0.717, 1.165) is 14.5 Å². The molecule has 17 heavy (non-hydrogen) atoms. The fourth-order valence-corrected chi connectivity index (χ4v) is 2.64. The van der Waals surface area contributed by atoms with Crippen LogP contribution in [0.25, 0.3) is 0 Å². The second kappa shape index (κ2) is 5.76. The summed E-state index contributed by atoms with van der Waals surface area (Å²) in [7, 11) is 1.95. The van der Waals surface area contributed by atoms with E-state index in [1.165, 1.54) is 5.56 Å². The Morgan fingerprint density at radius 1 is 1.24 bits per heavy atom. The van der Waals surface area contributed by atoms with Crippen LogP contribution in [0.3, 0.4) is 0 Å². The molecule has 1 unspecified atom stereocenters. The predicted molar refractivity (Wildman–Crippen MR) is 77.0 cm³/mol. The summed E-state index contributed by atoms with van der Waals surface area (Å²) >= 11 is 7.09. The summed E-state index contributed by atoms with van der Waals surface area (Å²) in [5.74, 6) is 0. The van der Waals surface area contributed by atoms with Gasteiger partial charge in [-0.25, -0.2) is 0 Å². The summed E-state index contributed by atoms with van der Waals surface area (Å²) < 4.78 is 2.16. The van der Waals surface area contributed by atoms with Gasteiger partial charge in [0.2, 0.25) is 0 Å². The zero-order valence-electron chi connectivity index (χ0n) is 9.32. The Kier molecular flexibility index (Phi) is 4.31. The van der Waals surface area contributed by atoms with Crippen molar-refractivity contribution < 1.29 is 0 Å². The fraction of sp³-hybridized carbons (Fsp3) is 0.154. The molecule has 1 heterocycles. The molecule has 1 N–H and O–H groups in total. The molecular weight excluding hydrogens is 344 g/mol. The highest BCUT2D eigenvalue weighted by molar-refractivity contribution is 9.11. The van der Waals surface area contributed by atoms with Gasteiger partial charge in [-0.3, -0.25) is 4.98 Å². The summed E-state index contributed by atoms with van der Waals surface area (Å²) in [6, 6.07) is 10.3. The molecule has 1 aromatic carbocycles. The number of halogens is 2. The Hall–Kier alpha value is -0.710. The number of hydrogen-bond acceptors (Lipinski definition) is 2. The van der Waals surface area contributed by atoms with Crippen LogP contribution in [0.15, 0.2) is 51.7 Å². The molecule has 0 saturated heterocycles. The summed E-state index contributed by atoms with van der Waals surface area (Å²) in [5, 5.41) is 3.31. The standard InChI is InChI=1S/C13H12Br2N2/c1-16-13(9-3-2-6-17-8-9)11-7-10(14)4-5-12(11)15/h2-8,13,16H,1H3. The molecule has 1 atom stereocenters. The van der Waals surface area contributed by atoms with Gasteiger partial charge in [0.05, 0.1) is 6.04 Å². The Morgan fingerprint density at radius 2 is 2.06 bits per heavy atom. The topological polar surface area (TPSA) is 24.9 Å². The van der Waals surface area contributed by atoms with Crippen molar-refractivity contribution in [2.45, 2.75) is 6.04 Å². The molecule has 1 aromatic heterocycles. The second-order valence-corrected chi connectivity index (χ2v) is 5.44. The summed E-state index contributed by atoms with van der Waals surface area (Å²) in [5.41, 5.74) is 2.34. The molecule has 0 aliphatic rings. The van der Waals surface area contributed by atoms with Crippen molar-refractivity contribution in [3.63, 3.8) is 0 Å². The lowest BCUT2D eigenvalue weighted by atomic mass is 10.0. The van der Waals surface area contributed by atoms with Gasteiger partial charge >= 0.3 is 0 Å². The number of nitrogens with one attached hydrogen (secondary N) is 1. The molecule has 4 heteroatoms. The van der Waals surface area contributed by atoms with E-state index in [9.17, 15) is 0 Å². The Bertz CT molecular complexity index is 500. The van der Waals surface area contributed by atoms with Crippen LogP contribution in [0.4, 0.5) is 0 Å². The monoisotopic (exact) mass is 354 g/mol. The van der Waals surface area contributed by atoms with Crippen molar-refractivity contribution in [3.05, 3.63) is 62.8 Å². The minimum absolute atomic E-state index is 0.135. The fourth-order valence-electron chi connectivity index (χ4n) is 1.78. The highest BCUT2D eigenvalue weighted by Crippen LogP contribution is 2.30. The smallest absolute Gasteiger partial charge is 0.0601 e. The Labute approximate surface area is 118 Å². The van der Waals surface area contributed by atoms with E-state index < -0.39 is 0 Å². The molecule has 0 amide bonds. The van der Waals surface area contributed by atoms with Crippen LogP contribution in [0.2, 0.25) is 0 Å². The van der Waals surface area contributed by atoms with Crippen LogP contribution in [-0.2, 0) is 0 Å². The van der Waals surface area contributed by atoms with E-state index in [4.69, 9.17) is 0 Å². The van der Waals surface area contributed by atoms with Crippen molar-refractivity contribution in [3.8, 4) is 0 Å². The molecule has 0 fully saturated rings. The minimum Gasteiger partial charge on any atom is -0.309 e. The summed E-state index contributed by atoms with van der Waals surface area (Å²) in [6.07, 6.45) is 3.67. The van der Waals surface area contributed by atoms with Gasteiger partial charge in [-0.2, -0.15) is 0 Å². The minimum atomic E-state index is 0.135. The third-order valence-electron chi connectivity index (χ3n) is 2.58. The Balaban J connectivity index is 2.46. The molecule has 0 aliphatic heterocycles. The maximum atomic E-state index is 4.16. The molecule has 0 radical (unpaired) electrons. The van der Waals surface area contributed by atoms with Gasteiger partial charge in [0.1, 0.15) is 0 Å². The number of rotatable bonds is 3. The second-order valence-electron chi connectivity index (χ2n) is 3.67. The lowest BCUT2D eigenvalue weighted by molar-refractivity contribution is 0.685. The van der Waals surface area contributed by atoms with E-state index >= 15 is 0 Å². The van der Waals surface area contributed by atoms with Crippen LogP contribution in [-0.4, -0.2) is 12.0 Å². The van der Waals surface area contributed by atoms with Crippen molar-refractivity contribution >= 4 is 31.9 Å². The molecular formula is C13H12Br2N2. The number of pyridine rings is 1. The van der Waals surface area contributed by atoms with E-state index in [1.54, 1.807) is 6.20 Å². The first-order valence-corrected chi connectivity index (χ1v) is 6.83. The number of hydrogen-bond donors (Lipinski definition) is 1. The molecule has 2 aromatic rings. The normalized spacial score (nSPS) is 12.4. The van der Waals surface area contributed by atoms with Crippen LogP contribution in [0, 0.1) is 0 Å². The maximum Gasteiger partial charge on any atom is 0.0601 e. The number of benzene rings is 1. The van der Waals surface area contributed by atoms with Gasteiger partial charge in [0.15, 0.2) is 0 Å². The van der Waals surface area contributed by atoms with E-state index in [2.05, 4.69) is 54.3 Å². The van der Waals surface area contributed by atoms with Crippen molar-refractivity contribution in [2.24, 2.45) is 0 Å². The van der Waals surface area contributed by atoms with E-state index in [0.29, 0.717) is 0 Å². The van der Waals surface area contributed by atoms with E-state index in [-0.39, 0.29) is 6.04 Å². The molecule has 0 spiro atoms. The molecule has 0 saturated carbocycles. The highest BCUT2D eigenvalue weighted by atomic mass is 79.9. The predicted octanol–water partition coefficient (Wildman–Crippen LogP) is 3.92. The first-order valence-electron chi connectivity index (χ1n) is 5.24. The van der Waals surface area contributed by atoms with E-state index in [1.807, 2.05) is 31.4 Å². The molecule has 0 aliphatic carbocycles. The third kappa shape index (κ3) is 2.94. The van der Waals surface area contributed by atoms with Gasteiger partial charge in [0.25, 0.3) is 0 Å². The molecule has 0 bridgehead atoms. The van der Waals surface area contributed by atoms with Crippen LogP contribution in [0.5, 0.6) is 0 Å². The lowest BCUT2D eigenvalue weighted by Gasteiger charge is -2.18. The average Bonchev–Trinajstić information content (AvgIpc) is 2.36. The SMILES string of the molecule is CNC(c1cccnc1)c1cc(Br)ccc1Br. The number of aromatic nitrogens is 1. The maximum absolute atomic E-state index is 4.16. The number of nitrogens with zero attached hydrogens (tertiary/aromatic N) is 1. The van der Waals surface area contributed by atoms with Gasteiger partial charge in [0, 0.05) is 21.3 Å². The van der Waals surface area contributed by atoms with Gasteiger partial charge < -0.3 is 5.32 Å². The first-order chi connectivity index (χ1) is 8.22. The summed E-state index contributed by atoms with van der Waals surface area (Å²) in [4.78, 5) is 4.16. The highest BCUT2D eigenvalue weighted by Gasteiger charge is 2.15. The van der Waals surface area contributed by atoms with Gasteiger partial charge in [-0.1, -0.05) is 37.9 Å². The van der Waals surface area contributed by atoms with Gasteiger partial charge in [-0.05, 0) is 42.4 Å². The molecule has 2 rings (SSSR count). The molecule has 2 nitrogen and oxygen atoms in total. The zero-order valence-corrected chi connectivity index (χ0v) is 12.5. The van der Waals surface area contributed by atoms with Crippen molar-refractivity contribution in [2.75, 3.05) is 7.05 Å². The van der Waals surface area contributed by atoms with Crippen molar-refractivity contribution in [1.82, 2.24) is 10.3 Å².